The molecular weight excluding hydrogens is 394 g/mol. The first-order valence-electron chi connectivity index (χ1n) is 9.38. The fraction of sp³-hybridized carbons (Fsp3) is 0.350. The van der Waals surface area contributed by atoms with Crippen LogP contribution in [-0.4, -0.2) is 36.1 Å². The Morgan fingerprint density at radius 2 is 1.86 bits per heavy atom. The quantitative estimate of drug-likeness (QED) is 0.589. The van der Waals surface area contributed by atoms with Gasteiger partial charge in [0.2, 0.25) is 10.0 Å². The summed E-state index contributed by atoms with van der Waals surface area (Å²) in [6, 6.07) is 9.91. The van der Waals surface area contributed by atoms with E-state index in [1.807, 2.05) is 6.92 Å². The topological polar surface area (TPSA) is 110 Å². The molecule has 1 unspecified atom stereocenters. The number of carbonyl (C=O) groups excluding carboxylic acids is 1. The zero-order valence-electron chi connectivity index (χ0n) is 16.3. The first kappa shape index (κ1) is 20.9. The van der Waals surface area contributed by atoms with Crippen molar-refractivity contribution in [3.63, 3.8) is 0 Å². The summed E-state index contributed by atoms with van der Waals surface area (Å²) in [5.74, 6) is -0.472. The van der Waals surface area contributed by atoms with Gasteiger partial charge in [0.1, 0.15) is 0 Å². The number of benzene rings is 2. The minimum atomic E-state index is -3.69. The van der Waals surface area contributed by atoms with Crippen LogP contribution in [0.25, 0.3) is 0 Å². The molecule has 1 fully saturated rings. The van der Waals surface area contributed by atoms with Crippen molar-refractivity contribution < 1.29 is 18.1 Å². The second kappa shape index (κ2) is 8.30. The van der Waals surface area contributed by atoms with Crippen LogP contribution in [0.4, 0.5) is 11.4 Å². The second-order valence-electron chi connectivity index (χ2n) is 7.20. The molecule has 2 aromatic rings. The molecule has 29 heavy (non-hydrogen) atoms. The number of amides is 1. The van der Waals surface area contributed by atoms with Gasteiger partial charge in [0, 0.05) is 36.0 Å². The SMILES string of the molecule is Cc1ccc(S(=O)(=O)N2CCCCC2C)cc1C(=O)Nc1ccc([N+](=O)[O-])cc1. The van der Waals surface area contributed by atoms with Crippen LogP contribution in [0.15, 0.2) is 47.4 Å². The number of nitrogens with one attached hydrogen (secondary N) is 1. The number of aryl methyl sites for hydroxylation is 1. The maximum atomic E-state index is 13.1. The lowest BCUT2D eigenvalue weighted by Crippen LogP contribution is -2.42. The van der Waals surface area contributed by atoms with E-state index in [1.165, 1.54) is 40.7 Å². The molecule has 3 rings (SSSR count). The molecule has 1 aliphatic rings. The molecule has 1 saturated heterocycles. The molecule has 8 nitrogen and oxygen atoms in total. The first-order chi connectivity index (χ1) is 13.7. The van der Waals surface area contributed by atoms with Crippen LogP contribution in [0.2, 0.25) is 0 Å². The van der Waals surface area contributed by atoms with Crippen molar-refractivity contribution in [3.8, 4) is 0 Å². The van der Waals surface area contributed by atoms with Crippen LogP contribution in [0.1, 0.15) is 42.1 Å². The summed E-state index contributed by atoms with van der Waals surface area (Å²) in [5.41, 5.74) is 1.19. The zero-order valence-corrected chi connectivity index (χ0v) is 17.1. The second-order valence-corrected chi connectivity index (χ2v) is 9.09. The highest BCUT2D eigenvalue weighted by Gasteiger charge is 2.31. The average Bonchev–Trinajstić information content (AvgIpc) is 2.68. The van der Waals surface area contributed by atoms with E-state index in [4.69, 9.17) is 0 Å². The van der Waals surface area contributed by atoms with Crippen LogP contribution in [-0.2, 0) is 10.0 Å². The Labute approximate surface area is 169 Å². The minimum absolute atomic E-state index is 0.0764. The van der Waals surface area contributed by atoms with Gasteiger partial charge in [-0.15, -0.1) is 0 Å². The third-order valence-electron chi connectivity index (χ3n) is 5.14. The molecule has 1 atom stereocenters. The van der Waals surface area contributed by atoms with Crippen LogP contribution in [0.5, 0.6) is 0 Å². The normalized spacial score (nSPS) is 17.7. The summed E-state index contributed by atoms with van der Waals surface area (Å²) in [4.78, 5) is 23.0. The molecule has 2 aromatic carbocycles. The van der Waals surface area contributed by atoms with Crippen LogP contribution >= 0.6 is 0 Å². The summed E-state index contributed by atoms with van der Waals surface area (Å²) >= 11 is 0. The van der Waals surface area contributed by atoms with Crippen LogP contribution in [0, 0.1) is 17.0 Å². The minimum Gasteiger partial charge on any atom is -0.322 e. The number of anilines is 1. The Hall–Kier alpha value is -2.78. The molecule has 9 heteroatoms. The van der Waals surface area contributed by atoms with E-state index < -0.39 is 20.9 Å². The summed E-state index contributed by atoms with van der Waals surface area (Å²) in [6.07, 6.45) is 2.64. The van der Waals surface area contributed by atoms with Gasteiger partial charge in [-0.05, 0) is 56.5 Å². The van der Waals surface area contributed by atoms with Crippen molar-refractivity contribution in [1.82, 2.24) is 4.31 Å². The Morgan fingerprint density at radius 3 is 2.48 bits per heavy atom. The summed E-state index contributed by atoms with van der Waals surface area (Å²) in [6.45, 7) is 4.10. The maximum Gasteiger partial charge on any atom is 0.269 e. The molecule has 154 valence electrons. The van der Waals surface area contributed by atoms with E-state index in [0.29, 0.717) is 17.8 Å². The van der Waals surface area contributed by atoms with Gasteiger partial charge in [0.05, 0.1) is 9.82 Å². The summed E-state index contributed by atoms with van der Waals surface area (Å²) < 4.78 is 27.6. The lowest BCUT2D eigenvalue weighted by molar-refractivity contribution is -0.384. The number of piperidine rings is 1. The number of rotatable bonds is 5. The summed E-state index contributed by atoms with van der Waals surface area (Å²) in [7, 11) is -3.69. The van der Waals surface area contributed by atoms with E-state index in [9.17, 15) is 23.3 Å². The number of non-ortho nitro benzene ring substituents is 1. The predicted octanol–water partition coefficient (Wildman–Crippen LogP) is 3.72. The number of hydrogen-bond donors (Lipinski definition) is 1. The molecular formula is C20H23N3O5S. The molecule has 0 radical (unpaired) electrons. The number of sulfonamides is 1. The molecule has 1 aliphatic heterocycles. The van der Waals surface area contributed by atoms with Crippen LogP contribution in [0.3, 0.4) is 0 Å². The van der Waals surface area contributed by atoms with Gasteiger partial charge in [-0.1, -0.05) is 12.5 Å². The lowest BCUT2D eigenvalue weighted by Gasteiger charge is -2.32. The highest BCUT2D eigenvalue weighted by molar-refractivity contribution is 7.89. The monoisotopic (exact) mass is 417 g/mol. The number of hydrogen-bond acceptors (Lipinski definition) is 5. The molecule has 1 heterocycles. The van der Waals surface area contributed by atoms with Gasteiger partial charge in [0.15, 0.2) is 0 Å². The molecule has 0 aromatic heterocycles. The number of nitro benzene ring substituents is 1. The average molecular weight is 417 g/mol. The van der Waals surface area contributed by atoms with E-state index in [2.05, 4.69) is 5.32 Å². The molecule has 0 bridgehead atoms. The van der Waals surface area contributed by atoms with Crippen LogP contribution < -0.4 is 5.32 Å². The first-order valence-corrected chi connectivity index (χ1v) is 10.8. The van der Waals surface area contributed by atoms with E-state index >= 15 is 0 Å². The highest BCUT2D eigenvalue weighted by Crippen LogP contribution is 2.27. The largest absolute Gasteiger partial charge is 0.322 e. The molecule has 1 N–H and O–H groups in total. The van der Waals surface area contributed by atoms with Gasteiger partial charge in [-0.3, -0.25) is 14.9 Å². The summed E-state index contributed by atoms with van der Waals surface area (Å²) in [5, 5.41) is 13.4. The smallest absolute Gasteiger partial charge is 0.269 e. The van der Waals surface area contributed by atoms with Gasteiger partial charge in [-0.2, -0.15) is 4.31 Å². The Balaban J connectivity index is 1.86. The number of nitro groups is 1. The van der Waals surface area contributed by atoms with Crippen molar-refractivity contribution >= 4 is 27.3 Å². The number of carbonyl (C=O) groups is 1. The Morgan fingerprint density at radius 1 is 1.17 bits per heavy atom. The third kappa shape index (κ3) is 4.46. The number of nitrogens with zero attached hydrogens (tertiary/aromatic N) is 2. The van der Waals surface area contributed by atoms with Gasteiger partial charge in [0.25, 0.3) is 11.6 Å². The molecule has 0 spiro atoms. The van der Waals surface area contributed by atoms with Crippen molar-refractivity contribution in [1.29, 1.82) is 0 Å². The zero-order chi connectivity index (χ0) is 21.2. The fourth-order valence-electron chi connectivity index (χ4n) is 3.44. The van der Waals surface area contributed by atoms with E-state index in [0.717, 1.165) is 19.3 Å². The molecule has 0 aliphatic carbocycles. The fourth-order valence-corrected chi connectivity index (χ4v) is 5.16. The van der Waals surface area contributed by atoms with Crippen molar-refractivity contribution in [2.75, 3.05) is 11.9 Å². The third-order valence-corrected chi connectivity index (χ3v) is 7.15. The standard InChI is InChI=1S/C20H23N3O5S/c1-14-6-11-18(29(27,28)22-12-4-3-5-15(22)2)13-19(14)20(24)21-16-7-9-17(10-8-16)23(25)26/h6-11,13,15H,3-5,12H2,1-2H3,(H,21,24). The van der Waals surface area contributed by atoms with Gasteiger partial charge in [-0.25, -0.2) is 8.42 Å². The van der Waals surface area contributed by atoms with Crippen molar-refractivity contribution in [2.45, 2.75) is 44.0 Å². The Kier molecular flexibility index (Phi) is 5.99. The van der Waals surface area contributed by atoms with Crippen molar-refractivity contribution in [2.24, 2.45) is 0 Å². The highest BCUT2D eigenvalue weighted by atomic mass is 32.2. The Bertz CT molecular complexity index is 1030. The van der Waals surface area contributed by atoms with Gasteiger partial charge >= 0.3 is 0 Å². The molecule has 1 amide bonds. The maximum absolute atomic E-state index is 13.1. The van der Waals surface area contributed by atoms with E-state index in [-0.39, 0.29) is 22.2 Å². The lowest BCUT2D eigenvalue weighted by atomic mass is 10.1. The molecule has 0 saturated carbocycles. The van der Waals surface area contributed by atoms with Gasteiger partial charge < -0.3 is 5.32 Å². The van der Waals surface area contributed by atoms with E-state index in [1.54, 1.807) is 13.0 Å². The predicted molar refractivity (Wildman–Crippen MR) is 109 cm³/mol. The van der Waals surface area contributed by atoms with Crippen molar-refractivity contribution in [3.05, 3.63) is 63.7 Å².